The van der Waals surface area contributed by atoms with Crippen LogP contribution in [0.15, 0.2) is 30.3 Å². The molecule has 0 spiro atoms. The minimum atomic E-state index is 0.795. The van der Waals surface area contributed by atoms with Crippen molar-refractivity contribution in [2.75, 3.05) is 5.73 Å². The third-order valence-corrected chi connectivity index (χ3v) is 2.99. The van der Waals surface area contributed by atoms with Crippen molar-refractivity contribution in [3.63, 3.8) is 0 Å². The Morgan fingerprint density at radius 3 is 2.78 bits per heavy atom. The Balaban J connectivity index is 1.78. The highest BCUT2D eigenvalue weighted by molar-refractivity contribution is 5.40. The summed E-state index contributed by atoms with van der Waals surface area (Å²) >= 11 is 0. The Morgan fingerprint density at radius 1 is 1.22 bits per heavy atom. The number of rotatable bonds is 3. The van der Waals surface area contributed by atoms with E-state index in [9.17, 15) is 0 Å². The van der Waals surface area contributed by atoms with Crippen LogP contribution in [0.2, 0.25) is 0 Å². The van der Waals surface area contributed by atoms with Crippen LogP contribution in [0.1, 0.15) is 17.1 Å². The van der Waals surface area contributed by atoms with Crippen molar-refractivity contribution in [2.24, 2.45) is 0 Å². The van der Waals surface area contributed by atoms with E-state index >= 15 is 0 Å². The highest BCUT2D eigenvalue weighted by atomic mass is 15.4. The summed E-state index contributed by atoms with van der Waals surface area (Å²) < 4.78 is 1.87. The van der Waals surface area contributed by atoms with Crippen molar-refractivity contribution < 1.29 is 0 Å². The SMILES string of the molecule is Cc1cc2[nH]nc(CCc3ccc(N)cc3)n2n1. The Kier molecular flexibility index (Phi) is 2.51. The molecule has 0 saturated carbocycles. The number of H-pyrrole nitrogens is 1. The van der Waals surface area contributed by atoms with Gasteiger partial charge in [-0.15, -0.1) is 0 Å². The average Bonchev–Trinajstić information content (AvgIpc) is 2.88. The van der Waals surface area contributed by atoms with Crippen molar-refractivity contribution in [3.8, 4) is 0 Å². The van der Waals surface area contributed by atoms with Gasteiger partial charge in [0.2, 0.25) is 0 Å². The topological polar surface area (TPSA) is 72.0 Å². The second kappa shape index (κ2) is 4.18. The van der Waals surface area contributed by atoms with Gasteiger partial charge in [-0.1, -0.05) is 12.1 Å². The normalized spacial score (nSPS) is 11.2. The van der Waals surface area contributed by atoms with Crippen LogP contribution in [-0.4, -0.2) is 19.8 Å². The number of hydrogen-bond acceptors (Lipinski definition) is 3. The van der Waals surface area contributed by atoms with Crippen molar-refractivity contribution >= 4 is 11.3 Å². The fourth-order valence-corrected chi connectivity index (χ4v) is 2.05. The standard InChI is InChI=1S/C13H15N5/c1-9-8-13-16-15-12(18(13)17-9)7-4-10-2-5-11(14)6-3-10/h2-3,5-6,8,16H,4,7,14H2,1H3. The molecule has 0 amide bonds. The first-order chi connectivity index (χ1) is 8.72. The van der Waals surface area contributed by atoms with Gasteiger partial charge in [0, 0.05) is 18.2 Å². The van der Waals surface area contributed by atoms with E-state index in [4.69, 9.17) is 5.73 Å². The van der Waals surface area contributed by atoms with Gasteiger partial charge < -0.3 is 5.73 Å². The van der Waals surface area contributed by atoms with E-state index in [1.807, 2.05) is 41.8 Å². The molecule has 3 aromatic rings. The first-order valence-electron chi connectivity index (χ1n) is 5.96. The Bertz CT molecular complexity index is 662. The molecular formula is C13H15N5. The van der Waals surface area contributed by atoms with Crippen LogP contribution in [0.3, 0.4) is 0 Å². The van der Waals surface area contributed by atoms with Crippen LogP contribution in [0, 0.1) is 6.92 Å². The van der Waals surface area contributed by atoms with Gasteiger partial charge in [0.1, 0.15) is 0 Å². The maximum atomic E-state index is 5.66. The molecule has 3 N–H and O–H groups in total. The molecule has 0 radical (unpaired) electrons. The Morgan fingerprint density at radius 2 is 2.00 bits per heavy atom. The van der Waals surface area contributed by atoms with Crippen LogP contribution in [0.4, 0.5) is 5.69 Å². The fourth-order valence-electron chi connectivity index (χ4n) is 2.05. The minimum Gasteiger partial charge on any atom is -0.399 e. The molecule has 3 rings (SSSR count). The molecule has 0 bridgehead atoms. The van der Waals surface area contributed by atoms with Gasteiger partial charge in [0.25, 0.3) is 0 Å². The van der Waals surface area contributed by atoms with Gasteiger partial charge in [-0.2, -0.15) is 14.7 Å². The smallest absolute Gasteiger partial charge is 0.152 e. The van der Waals surface area contributed by atoms with Crippen molar-refractivity contribution in [3.05, 3.63) is 47.4 Å². The third-order valence-electron chi connectivity index (χ3n) is 2.99. The molecule has 1 aromatic carbocycles. The van der Waals surface area contributed by atoms with Crippen LogP contribution in [0.5, 0.6) is 0 Å². The summed E-state index contributed by atoms with van der Waals surface area (Å²) in [5, 5.41) is 11.7. The average molecular weight is 241 g/mol. The zero-order chi connectivity index (χ0) is 12.5. The summed E-state index contributed by atoms with van der Waals surface area (Å²) in [6.07, 6.45) is 1.78. The number of hydrogen-bond donors (Lipinski definition) is 2. The summed E-state index contributed by atoms with van der Waals surface area (Å²) in [4.78, 5) is 0. The molecule has 2 heterocycles. The monoisotopic (exact) mass is 241 g/mol. The van der Waals surface area contributed by atoms with Gasteiger partial charge in [-0.25, -0.2) is 0 Å². The summed E-state index contributed by atoms with van der Waals surface area (Å²) in [7, 11) is 0. The first kappa shape index (κ1) is 10.8. The summed E-state index contributed by atoms with van der Waals surface area (Å²) in [5.41, 5.74) is 9.65. The summed E-state index contributed by atoms with van der Waals surface area (Å²) in [5.74, 6) is 0.954. The highest BCUT2D eigenvalue weighted by Gasteiger charge is 2.07. The molecular weight excluding hydrogens is 226 g/mol. The van der Waals surface area contributed by atoms with Gasteiger partial charge in [-0.05, 0) is 31.0 Å². The van der Waals surface area contributed by atoms with Gasteiger partial charge >= 0.3 is 0 Å². The maximum absolute atomic E-state index is 5.66. The fraction of sp³-hybridized carbons (Fsp3) is 0.231. The summed E-state index contributed by atoms with van der Waals surface area (Å²) in [6, 6.07) is 9.93. The number of fused-ring (bicyclic) bond motifs is 1. The molecule has 0 aliphatic rings. The van der Waals surface area contributed by atoms with E-state index in [1.165, 1.54) is 5.56 Å². The highest BCUT2D eigenvalue weighted by Crippen LogP contribution is 2.10. The van der Waals surface area contributed by atoms with Crippen LogP contribution >= 0.6 is 0 Å². The molecule has 0 atom stereocenters. The van der Waals surface area contributed by atoms with E-state index in [-0.39, 0.29) is 0 Å². The van der Waals surface area contributed by atoms with Gasteiger partial charge in [0.15, 0.2) is 11.5 Å². The Labute approximate surface area is 105 Å². The molecule has 92 valence electrons. The molecule has 5 nitrogen and oxygen atoms in total. The van der Waals surface area contributed by atoms with Crippen molar-refractivity contribution in [1.82, 2.24) is 19.8 Å². The number of nitrogens with zero attached hydrogens (tertiary/aromatic N) is 3. The zero-order valence-electron chi connectivity index (χ0n) is 10.2. The maximum Gasteiger partial charge on any atom is 0.152 e. The lowest BCUT2D eigenvalue weighted by Crippen LogP contribution is -1.99. The number of nitrogens with one attached hydrogen (secondary N) is 1. The van der Waals surface area contributed by atoms with Gasteiger partial charge in [0.05, 0.1) is 5.69 Å². The number of aryl methyl sites for hydroxylation is 3. The lowest BCUT2D eigenvalue weighted by molar-refractivity contribution is 0.784. The van der Waals surface area contributed by atoms with E-state index in [0.717, 1.165) is 35.7 Å². The zero-order valence-corrected chi connectivity index (χ0v) is 10.2. The van der Waals surface area contributed by atoms with Crippen molar-refractivity contribution in [1.29, 1.82) is 0 Å². The number of benzene rings is 1. The number of nitrogen functional groups attached to an aromatic ring is 1. The first-order valence-corrected chi connectivity index (χ1v) is 5.96. The second-order valence-electron chi connectivity index (χ2n) is 4.46. The quantitative estimate of drug-likeness (QED) is 0.686. The van der Waals surface area contributed by atoms with E-state index in [2.05, 4.69) is 15.3 Å². The van der Waals surface area contributed by atoms with Gasteiger partial charge in [-0.3, -0.25) is 5.10 Å². The van der Waals surface area contributed by atoms with Crippen LogP contribution < -0.4 is 5.73 Å². The molecule has 2 aromatic heterocycles. The third kappa shape index (κ3) is 1.95. The predicted octanol–water partition coefficient (Wildman–Crippen LogP) is 1.73. The van der Waals surface area contributed by atoms with E-state index in [1.54, 1.807) is 0 Å². The predicted molar refractivity (Wildman–Crippen MR) is 70.3 cm³/mol. The second-order valence-corrected chi connectivity index (χ2v) is 4.46. The summed E-state index contributed by atoms with van der Waals surface area (Å²) in [6.45, 7) is 1.98. The molecule has 0 fully saturated rings. The Hall–Kier alpha value is -2.30. The molecule has 0 aliphatic carbocycles. The largest absolute Gasteiger partial charge is 0.399 e. The molecule has 0 saturated heterocycles. The number of aromatic amines is 1. The minimum absolute atomic E-state index is 0.795. The number of aromatic nitrogens is 4. The number of nitrogens with two attached hydrogens (primary N) is 1. The van der Waals surface area contributed by atoms with E-state index in [0.29, 0.717) is 0 Å². The van der Waals surface area contributed by atoms with Crippen LogP contribution in [-0.2, 0) is 12.8 Å². The lowest BCUT2D eigenvalue weighted by atomic mass is 10.1. The molecule has 0 aliphatic heterocycles. The van der Waals surface area contributed by atoms with Crippen LogP contribution in [0.25, 0.3) is 5.65 Å². The van der Waals surface area contributed by atoms with E-state index < -0.39 is 0 Å². The molecule has 18 heavy (non-hydrogen) atoms. The molecule has 5 heteroatoms. The number of anilines is 1. The molecule has 0 unspecified atom stereocenters. The lowest BCUT2D eigenvalue weighted by Gasteiger charge is -2.00. The van der Waals surface area contributed by atoms with Crippen molar-refractivity contribution in [2.45, 2.75) is 19.8 Å².